The van der Waals surface area contributed by atoms with Crippen molar-refractivity contribution in [2.75, 3.05) is 13.1 Å². The number of halogens is 1. The fourth-order valence-electron chi connectivity index (χ4n) is 5.55. The third kappa shape index (κ3) is 3.50. The zero-order valence-electron chi connectivity index (χ0n) is 17.3. The second-order valence-corrected chi connectivity index (χ2v) is 9.63. The monoisotopic (exact) mass is 403 g/mol. The highest BCUT2D eigenvalue weighted by Crippen LogP contribution is 2.39. The first kappa shape index (κ1) is 20.1. The van der Waals surface area contributed by atoms with Crippen molar-refractivity contribution in [3.8, 4) is 0 Å². The van der Waals surface area contributed by atoms with Gasteiger partial charge >= 0.3 is 6.09 Å². The molecule has 2 aliphatic heterocycles. The molecule has 1 aromatic rings. The van der Waals surface area contributed by atoms with Gasteiger partial charge in [-0.15, -0.1) is 0 Å². The van der Waals surface area contributed by atoms with Crippen LogP contribution in [0.5, 0.6) is 0 Å². The number of carbonyl (C=O) groups is 2. The van der Waals surface area contributed by atoms with Gasteiger partial charge < -0.3 is 10.4 Å². The molecule has 2 heterocycles. The summed E-state index contributed by atoms with van der Waals surface area (Å²) in [4.78, 5) is 29.1. The molecule has 0 aromatic heterocycles. The van der Waals surface area contributed by atoms with E-state index in [1.807, 2.05) is 45.0 Å². The Kier molecular flexibility index (Phi) is 5.05. The maximum atomic E-state index is 14.7. The van der Waals surface area contributed by atoms with Gasteiger partial charge in [-0.3, -0.25) is 14.6 Å². The zero-order chi connectivity index (χ0) is 20.9. The Labute approximate surface area is 171 Å². The minimum Gasteiger partial charge on any atom is -0.465 e. The molecule has 1 aromatic carbocycles. The van der Waals surface area contributed by atoms with E-state index in [0.717, 1.165) is 30.5 Å². The Hall–Kier alpha value is -2.15. The Balaban J connectivity index is 1.62. The molecule has 2 N–H and O–H groups in total. The number of carbonyl (C=O) groups excluding carboxylic acids is 1. The van der Waals surface area contributed by atoms with Crippen molar-refractivity contribution >= 4 is 12.0 Å². The number of carboxylic acid groups (broad SMARTS) is 1. The predicted octanol–water partition coefficient (Wildman–Crippen LogP) is 2.98. The van der Waals surface area contributed by atoms with E-state index in [1.165, 1.54) is 4.90 Å². The van der Waals surface area contributed by atoms with Crippen molar-refractivity contribution in [3.05, 3.63) is 35.4 Å². The second-order valence-electron chi connectivity index (χ2n) is 9.63. The maximum absolute atomic E-state index is 14.7. The highest BCUT2D eigenvalue weighted by atomic mass is 19.1. The van der Waals surface area contributed by atoms with Gasteiger partial charge in [0.25, 0.3) is 0 Å². The van der Waals surface area contributed by atoms with E-state index < -0.39 is 30.3 Å². The van der Waals surface area contributed by atoms with E-state index in [0.29, 0.717) is 6.54 Å². The lowest BCUT2D eigenvalue weighted by molar-refractivity contribution is -0.134. The Morgan fingerprint density at radius 3 is 2.66 bits per heavy atom. The van der Waals surface area contributed by atoms with Crippen molar-refractivity contribution in [1.82, 2.24) is 15.1 Å². The van der Waals surface area contributed by atoms with Gasteiger partial charge in [-0.05, 0) is 35.9 Å². The molecule has 158 valence electrons. The highest BCUT2D eigenvalue weighted by molar-refractivity contribution is 5.86. The van der Waals surface area contributed by atoms with Crippen LogP contribution < -0.4 is 5.32 Å². The number of alkyl halides is 1. The van der Waals surface area contributed by atoms with Crippen LogP contribution in [-0.4, -0.2) is 64.3 Å². The van der Waals surface area contributed by atoms with Gasteiger partial charge in [0.05, 0.1) is 12.1 Å². The number of nitrogens with zero attached hydrogens (tertiary/aromatic N) is 2. The van der Waals surface area contributed by atoms with Gasteiger partial charge in [0.2, 0.25) is 5.91 Å². The number of nitrogens with one attached hydrogen (secondary N) is 1. The molecule has 0 bridgehead atoms. The first-order chi connectivity index (χ1) is 13.7. The molecule has 2 saturated heterocycles. The smallest absolute Gasteiger partial charge is 0.408 e. The Morgan fingerprint density at radius 2 is 1.97 bits per heavy atom. The SMILES string of the molecule is CC(C)(C)C1[C@H]2CCCN2C[C@@H](C(=O)N[C@H]2c3ccccc3C[C@@H]2F)N1C(=O)O. The summed E-state index contributed by atoms with van der Waals surface area (Å²) >= 11 is 0. The van der Waals surface area contributed by atoms with Gasteiger partial charge in [-0.1, -0.05) is 45.0 Å². The minimum atomic E-state index is -1.20. The molecule has 29 heavy (non-hydrogen) atoms. The molecule has 2 amide bonds. The van der Waals surface area contributed by atoms with E-state index in [4.69, 9.17) is 0 Å². The summed E-state index contributed by atoms with van der Waals surface area (Å²) < 4.78 is 14.7. The summed E-state index contributed by atoms with van der Waals surface area (Å²) in [7, 11) is 0. The number of hydrogen-bond donors (Lipinski definition) is 2. The Morgan fingerprint density at radius 1 is 1.24 bits per heavy atom. The number of benzene rings is 1. The third-order valence-corrected chi connectivity index (χ3v) is 6.70. The lowest BCUT2D eigenvalue weighted by atomic mass is 9.78. The zero-order valence-corrected chi connectivity index (χ0v) is 17.3. The number of hydrogen-bond acceptors (Lipinski definition) is 3. The molecular weight excluding hydrogens is 373 g/mol. The van der Waals surface area contributed by atoms with Gasteiger partial charge in [-0.2, -0.15) is 0 Å². The lowest BCUT2D eigenvalue weighted by Crippen LogP contribution is -2.70. The first-order valence-electron chi connectivity index (χ1n) is 10.5. The molecule has 6 nitrogen and oxygen atoms in total. The number of piperazine rings is 1. The first-order valence-corrected chi connectivity index (χ1v) is 10.5. The standard InChI is InChI=1S/C22H30FN3O3/c1-22(2,3)19-16-9-6-10-25(16)12-17(26(19)21(28)29)20(27)24-18-14-8-5-4-7-13(14)11-15(18)23/h4-5,7-8,15-19H,6,9-12H2,1-3H3,(H,24,27)(H,28,29)/t15-,16+,17-,18-,19?/m0/s1. The van der Waals surface area contributed by atoms with Crippen molar-refractivity contribution < 1.29 is 19.1 Å². The van der Waals surface area contributed by atoms with Gasteiger partial charge in [0.15, 0.2) is 0 Å². The lowest BCUT2D eigenvalue weighted by Gasteiger charge is -2.52. The van der Waals surface area contributed by atoms with Crippen molar-refractivity contribution in [2.24, 2.45) is 5.41 Å². The summed E-state index contributed by atoms with van der Waals surface area (Å²) in [5, 5.41) is 12.9. The van der Waals surface area contributed by atoms with Crippen molar-refractivity contribution in [3.63, 3.8) is 0 Å². The highest BCUT2D eigenvalue weighted by Gasteiger charge is 2.52. The largest absolute Gasteiger partial charge is 0.465 e. The minimum absolute atomic E-state index is 0.122. The fraction of sp³-hybridized carbons (Fsp3) is 0.636. The van der Waals surface area contributed by atoms with Crippen LogP contribution >= 0.6 is 0 Å². The summed E-state index contributed by atoms with van der Waals surface area (Å²) in [6.45, 7) is 7.30. The molecule has 2 fully saturated rings. The molecule has 3 aliphatic rings. The van der Waals surface area contributed by atoms with Crippen molar-refractivity contribution in [1.29, 1.82) is 0 Å². The third-order valence-electron chi connectivity index (χ3n) is 6.70. The van der Waals surface area contributed by atoms with Crippen LogP contribution in [0.4, 0.5) is 9.18 Å². The van der Waals surface area contributed by atoms with E-state index in [2.05, 4.69) is 10.2 Å². The quantitative estimate of drug-likeness (QED) is 0.796. The predicted molar refractivity (Wildman–Crippen MR) is 107 cm³/mol. The number of amides is 2. The van der Waals surface area contributed by atoms with E-state index in [9.17, 15) is 19.1 Å². The topological polar surface area (TPSA) is 72.9 Å². The van der Waals surface area contributed by atoms with Crippen LogP contribution in [0.2, 0.25) is 0 Å². The molecule has 0 spiro atoms. The molecule has 1 unspecified atom stereocenters. The molecule has 7 heteroatoms. The molecule has 0 saturated carbocycles. The molecule has 4 rings (SSSR count). The van der Waals surface area contributed by atoms with Gasteiger partial charge in [-0.25, -0.2) is 9.18 Å². The van der Waals surface area contributed by atoms with Crippen LogP contribution in [0.3, 0.4) is 0 Å². The van der Waals surface area contributed by atoms with Crippen LogP contribution in [0, 0.1) is 5.41 Å². The van der Waals surface area contributed by atoms with Crippen LogP contribution in [0.1, 0.15) is 50.8 Å². The maximum Gasteiger partial charge on any atom is 0.408 e. The van der Waals surface area contributed by atoms with Crippen molar-refractivity contribution in [2.45, 2.75) is 70.4 Å². The fourth-order valence-corrected chi connectivity index (χ4v) is 5.55. The van der Waals surface area contributed by atoms with E-state index in [-0.39, 0.29) is 23.9 Å². The van der Waals surface area contributed by atoms with Gasteiger partial charge in [0, 0.05) is 19.0 Å². The summed E-state index contributed by atoms with van der Waals surface area (Å²) in [5.41, 5.74) is 1.38. The van der Waals surface area contributed by atoms with Gasteiger partial charge in [0.1, 0.15) is 12.2 Å². The van der Waals surface area contributed by atoms with Crippen LogP contribution in [0.15, 0.2) is 24.3 Å². The average molecular weight is 403 g/mol. The summed E-state index contributed by atoms with van der Waals surface area (Å²) in [6.07, 6.45) is -0.0753. The summed E-state index contributed by atoms with van der Waals surface area (Å²) in [5.74, 6) is -0.406. The molecule has 5 atom stereocenters. The average Bonchev–Trinajstić information content (AvgIpc) is 3.23. The molecule has 0 radical (unpaired) electrons. The second kappa shape index (κ2) is 7.27. The number of rotatable bonds is 2. The molecular formula is C22H30FN3O3. The summed E-state index contributed by atoms with van der Waals surface area (Å²) in [6, 6.07) is 5.69. The Bertz CT molecular complexity index is 809. The number of fused-ring (bicyclic) bond motifs is 2. The van der Waals surface area contributed by atoms with Crippen LogP contribution in [-0.2, 0) is 11.2 Å². The van der Waals surface area contributed by atoms with E-state index in [1.54, 1.807) is 0 Å². The molecule has 1 aliphatic carbocycles. The van der Waals surface area contributed by atoms with E-state index >= 15 is 0 Å². The van der Waals surface area contributed by atoms with Crippen LogP contribution in [0.25, 0.3) is 0 Å². The normalized spacial score (nSPS) is 32.0.